The standard InChI is InChI=1S/C22H25N7O2.3ClH/c1-14-16(4-7-19(23)28-14)12-27-21(30)18-6-5-17-13-26-20(22(31)29(17)18)25-10-8-15-3-2-9-24-11-15;;;/h2-4,7,9,11,13,18H,5-6,8,10,12H2,1H3,(H2,23,28)(H,25,26)(H,27,30);3*1H/t18-;;;/m0.../s1. The van der Waals surface area contributed by atoms with Crippen LogP contribution in [0.1, 0.15) is 35.0 Å². The van der Waals surface area contributed by atoms with E-state index in [0.29, 0.717) is 31.7 Å². The van der Waals surface area contributed by atoms with E-state index in [1.165, 1.54) is 0 Å². The highest BCUT2D eigenvalue weighted by atomic mass is 35.5. The van der Waals surface area contributed by atoms with E-state index in [1.54, 1.807) is 29.2 Å². The van der Waals surface area contributed by atoms with Crippen LogP contribution in [0.25, 0.3) is 0 Å². The van der Waals surface area contributed by atoms with Gasteiger partial charge in [-0.15, -0.1) is 37.2 Å². The van der Waals surface area contributed by atoms with Crippen LogP contribution >= 0.6 is 37.2 Å². The Morgan fingerprint density at radius 2 is 2.00 bits per heavy atom. The lowest BCUT2D eigenvalue weighted by Gasteiger charge is -2.16. The number of halogens is 3. The number of nitrogen functional groups attached to an aromatic ring is 1. The molecular formula is C22H28Cl3N7O2. The molecule has 9 nitrogen and oxygen atoms in total. The second kappa shape index (κ2) is 13.1. The zero-order valence-corrected chi connectivity index (χ0v) is 21.0. The first-order valence-corrected chi connectivity index (χ1v) is 10.3. The Bertz CT molecular complexity index is 1160. The molecule has 4 heterocycles. The molecule has 3 aromatic heterocycles. The Labute approximate surface area is 216 Å². The summed E-state index contributed by atoms with van der Waals surface area (Å²) in [5, 5.41) is 6.02. The predicted molar refractivity (Wildman–Crippen MR) is 139 cm³/mol. The maximum atomic E-state index is 13.0. The molecule has 184 valence electrons. The van der Waals surface area contributed by atoms with Gasteiger partial charge in [-0.1, -0.05) is 12.1 Å². The van der Waals surface area contributed by atoms with Crippen LogP contribution in [0.15, 0.2) is 47.7 Å². The van der Waals surface area contributed by atoms with Crippen molar-refractivity contribution < 1.29 is 4.79 Å². The van der Waals surface area contributed by atoms with Gasteiger partial charge in [0, 0.05) is 43.1 Å². The number of fused-ring (bicyclic) bond motifs is 1. The van der Waals surface area contributed by atoms with Gasteiger partial charge in [0.2, 0.25) is 5.91 Å². The van der Waals surface area contributed by atoms with E-state index in [2.05, 4.69) is 25.6 Å². The summed E-state index contributed by atoms with van der Waals surface area (Å²) in [6, 6.07) is 6.87. The number of anilines is 2. The predicted octanol–water partition coefficient (Wildman–Crippen LogP) is 2.65. The van der Waals surface area contributed by atoms with Gasteiger partial charge in [-0.3, -0.25) is 19.1 Å². The van der Waals surface area contributed by atoms with Crippen molar-refractivity contribution in [1.82, 2.24) is 24.8 Å². The van der Waals surface area contributed by atoms with Crippen LogP contribution < -0.4 is 21.9 Å². The van der Waals surface area contributed by atoms with Crippen LogP contribution in [0, 0.1) is 6.92 Å². The number of pyridine rings is 2. The van der Waals surface area contributed by atoms with Crippen LogP contribution in [-0.4, -0.2) is 32.0 Å². The number of aromatic nitrogens is 4. The average Bonchev–Trinajstić information content (AvgIpc) is 3.20. The lowest BCUT2D eigenvalue weighted by molar-refractivity contribution is -0.124. The Morgan fingerprint density at radius 3 is 2.71 bits per heavy atom. The minimum absolute atomic E-state index is 0. The molecule has 0 bridgehead atoms. The van der Waals surface area contributed by atoms with Crippen LogP contribution in [0.2, 0.25) is 0 Å². The van der Waals surface area contributed by atoms with Gasteiger partial charge in [0.1, 0.15) is 11.9 Å². The molecule has 0 aromatic carbocycles. The molecule has 0 fully saturated rings. The molecule has 4 N–H and O–H groups in total. The van der Waals surface area contributed by atoms with Gasteiger partial charge in [-0.05, 0) is 49.4 Å². The van der Waals surface area contributed by atoms with Crippen molar-refractivity contribution in [3.63, 3.8) is 0 Å². The van der Waals surface area contributed by atoms with E-state index in [4.69, 9.17) is 5.73 Å². The zero-order chi connectivity index (χ0) is 21.8. The fourth-order valence-corrected chi connectivity index (χ4v) is 3.78. The van der Waals surface area contributed by atoms with E-state index < -0.39 is 6.04 Å². The van der Waals surface area contributed by atoms with Crippen molar-refractivity contribution in [2.75, 3.05) is 17.6 Å². The molecule has 0 spiro atoms. The number of hydrogen-bond donors (Lipinski definition) is 3. The van der Waals surface area contributed by atoms with Gasteiger partial charge in [-0.2, -0.15) is 0 Å². The summed E-state index contributed by atoms with van der Waals surface area (Å²) < 4.78 is 1.56. The topological polar surface area (TPSA) is 128 Å². The highest BCUT2D eigenvalue weighted by molar-refractivity contribution is 5.86. The molecule has 0 unspecified atom stereocenters. The molecule has 0 saturated heterocycles. The first-order valence-electron chi connectivity index (χ1n) is 10.3. The summed E-state index contributed by atoms with van der Waals surface area (Å²) in [5.41, 5.74) is 8.91. The Kier molecular flexibility index (Phi) is 11.3. The summed E-state index contributed by atoms with van der Waals surface area (Å²) in [7, 11) is 0. The van der Waals surface area contributed by atoms with Crippen molar-refractivity contribution in [1.29, 1.82) is 0 Å². The molecule has 0 aliphatic carbocycles. The first kappa shape index (κ1) is 29.2. The normalized spacial score (nSPS) is 13.5. The van der Waals surface area contributed by atoms with Gasteiger partial charge in [0.15, 0.2) is 5.82 Å². The molecule has 3 aromatic rings. The van der Waals surface area contributed by atoms with E-state index >= 15 is 0 Å². The fourth-order valence-electron chi connectivity index (χ4n) is 3.78. The van der Waals surface area contributed by atoms with E-state index in [1.807, 2.05) is 25.1 Å². The smallest absolute Gasteiger partial charge is 0.294 e. The molecule has 12 heteroatoms. The molecule has 0 saturated carbocycles. The third-order valence-electron chi connectivity index (χ3n) is 5.46. The lowest BCUT2D eigenvalue weighted by atomic mass is 10.1. The van der Waals surface area contributed by atoms with Gasteiger partial charge in [-0.25, -0.2) is 9.97 Å². The average molecular weight is 529 g/mol. The quantitative estimate of drug-likeness (QED) is 0.430. The maximum Gasteiger partial charge on any atom is 0.294 e. The number of nitrogens with zero attached hydrogens (tertiary/aromatic N) is 4. The number of rotatable bonds is 7. The highest BCUT2D eigenvalue weighted by Gasteiger charge is 2.30. The lowest BCUT2D eigenvalue weighted by Crippen LogP contribution is -2.36. The van der Waals surface area contributed by atoms with Crippen molar-refractivity contribution in [3.8, 4) is 0 Å². The van der Waals surface area contributed by atoms with Gasteiger partial charge >= 0.3 is 0 Å². The summed E-state index contributed by atoms with van der Waals surface area (Å²) in [4.78, 5) is 38.4. The Balaban J connectivity index is 0.00000193. The van der Waals surface area contributed by atoms with Gasteiger partial charge in [0.25, 0.3) is 5.56 Å². The summed E-state index contributed by atoms with van der Waals surface area (Å²) >= 11 is 0. The van der Waals surface area contributed by atoms with Crippen molar-refractivity contribution in [2.24, 2.45) is 0 Å². The van der Waals surface area contributed by atoms with Crippen molar-refractivity contribution in [2.45, 2.75) is 38.8 Å². The van der Waals surface area contributed by atoms with E-state index in [0.717, 1.165) is 28.9 Å². The molecular weight excluding hydrogens is 501 g/mol. The second-order valence-corrected chi connectivity index (χ2v) is 7.56. The molecule has 34 heavy (non-hydrogen) atoms. The summed E-state index contributed by atoms with van der Waals surface area (Å²) in [6.45, 7) is 2.73. The third-order valence-corrected chi connectivity index (χ3v) is 5.46. The van der Waals surface area contributed by atoms with Crippen LogP contribution in [-0.2, 0) is 24.2 Å². The number of amides is 1. The summed E-state index contributed by atoms with van der Waals surface area (Å²) in [6.07, 6.45) is 7.12. The van der Waals surface area contributed by atoms with Gasteiger partial charge in [0.05, 0.1) is 0 Å². The van der Waals surface area contributed by atoms with E-state index in [-0.39, 0.29) is 54.5 Å². The molecule has 4 rings (SSSR count). The largest absolute Gasteiger partial charge is 0.384 e. The van der Waals surface area contributed by atoms with Crippen molar-refractivity contribution in [3.05, 3.63) is 75.7 Å². The monoisotopic (exact) mass is 527 g/mol. The SMILES string of the molecule is Cc1nc(N)ccc1CNC(=O)[C@@H]1CCc2cnc(NCCc3cccnc3)c(=O)n21.Cl.Cl.Cl. The number of nitrogens with two attached hydrogens (primary N) is 1. The minimum Gasteiger partial charge on any atom is -0.384 e. The number of carbonyl (C=O) groups excluding carboxylic acids is 1. The van der Waals surface area contributed by atoms with Crippen molar-refractivity contribution >= 4 is 54.8 Å². The first-order chi connectivity index (χ1) is 15.0. The number of aryl methyl sites for hydroxylation is 2. The van der Waals surface area contributed by atoms with Crippen LogP contribution in [0.4, 0.5) is 11.6 Å². The highest BCUT2D eigenvalue weighted by Crippen LogP contribution is 2.24. The number of carbonyl (C=O) groups is 1. The van der Waals surface area contributed by atoms with Crippen LogP contribution in [0.5, 0.6) is 0 Å². The Morgan fingerprint density at radius 1 is 1.21 bits per heavy atom. The second-order valence-electron chi connectivity index (χ2n) is 7.56. The molecule has 1 aliphatic rings. The fraction of sp³-hybridized carbons (Fsp3) is 0.318. The van der Waals surface area contributed by atoms with Crippen LogP contribution in [0.3, 0.4) is 0 Å². The third kappa shape index (κ3) is 6.59. The molecule has 0 radical (unpaired) electrons. The minimum atomic E-state index is -0.550. The summed E-state index contributed by atoms with van der Waals surface area (Å²) in [5.74, 6) is 0.510. The molecule has 1 aliphatic heterocycles. The Hall–Kier alpha value is -2.88. The zero-order valence-electron chi connectivity index (χ0n) is 18.6. The maximum absolute atomic E-state index is 13.0. The molecule has 1 atom stereocenters. The molecule has 1 amide bonds. The van der Waals surface area contributed by atoms with Gasteiger partial charge < -0.3 is 16.4 Å². The number of nitrogens with one attached hydrogen (secondary N) is 2. The number of hydrogen-bond acceptors (Lipinski definition) is 7. The van der Waals surface area contributed by atoms with E-state index in [9.17, 15) is 9.59 Å².